The van der Waals surface area contributed by atoms with Crippen LogP contribution in [-0.4, -0.2) is 80.7 Å². The number of hydrogen-bond donors (Lipinski definition) is 0. The second-order valence-electron chi connectivity index (χ2n) is 9.05. The van der Waals surface area contributed by atoms with Crippen molar-refractivity contribution in [1.82, 2.24) is 14.7 Å². The zero-order valence-corrected chi connectivity index (χ0v) is 19.6. The number of sulfonamides is 1. The van der Waals surface area contributed by atoms with Crippen molar-refractivity contribution in [3.05, 3.63) is 65.7 Å². The second kappa shape index (κ2) is 9.27. The standard InChI is InChI=1S/C25H30N4O3S/c30-25(29-18-16-27(17-19-29)13-10-20-6-2-1-3-7-20)21-11-14-28(15-12-21)24-22-8-4-5-9-23(22)33(31,32)26-24/h1-9,21H,10-19H2. The molecular formula is C25H30N4O3S. The summed E-state index contributed by atoms with van der Waals surface area (Å²) in [4.78, 5) is 19.9. The molecule has 0 radical (unpaired) electrons. The first-order valence-electron chi connectivity index (χ1n) is 11.8. The average Bonchev–Trinajstić information content (AvgIpc) is 3.14. The molecule has 0 unspecified atom stereocenters. The van der Waals surface area contributed by atoms with E-state index in [0.717, 1.165) is 52.0 Å². The number of fused-ring (bicyclic) bond motifs is 1. The number of likely N-dealkylation sites (tertiary alicyclic amines) is 1. The summed E-state index contributed by atoms with van der Waals surface area (Å²) in [5.41, 5.74) is 2.03. The minimum Gasteiger partial charge on any atom is -0.355 e. The fourth-order valence-electron chi connectivity index (χ4n) is 5.04. The SMILES string of the molecule is O=C(C1CCN(C2=NS(=O)(=O)c3ccccc32)CC1)N1CCN(CCc2ccccc2)CC1. The molecule has 0 aliphatic carbocycles. The van der Waals surface area contributed by atoms with Crippen LogP contribution in [0.4, 0.5) is 0 Å². The van der Waals surface area contributed by atoms with Crippen molar-refractivity contribution in [2.45, 2.75) is 24.2 Å². The van der Waals surface area contributed by atoms with E-state index < -0.39 is 10.0 Å². The summed E-state index contributed by atoms with van der Waals surface area (Å²) < 4.78 is 28.8. The Morgan fingerprint density at radius 2 is 1.55 bits per heavy atom. The first-order chi connectivity index (χ1) is 16.0. The quantitative estimate of drug-likeness (QED) is 0.691. The molecule has 174 valence electrons. The highest BCUT2D eigenvalue weighted by Gasteiger charge is 2.35. The number of amidine groups is 1. The Labute approximate surface area is 195 Å². The zero-order chi connectivity index (χ0) is 22.8. The van der Waals surface area contributed by atoms with Crippen LogP contribution in [0.3, 0.4) is 0 Å². The Balaban J connectivity index is 1.12. The molecule has 2 aromatic carbocycles. The third kappa shape index (κ3) is 4.68. The summed E-state index contributed by atoms with van der Waals surface area (Å²) in [5.74, 6) is 0.785. The first-order valence-corrected chi connectivity index (χ1v) is 13.2. The van der Waals surface area contributed by atoms with Gasteiger partial charge in [0.25, 0.3) is 10.0 Å². The molecule has 2 fully saturated rings. The van der Waals surface area contributed by atoms with Crippen LogP contribution in [0.5, 0.6) is 0 Å². The summed E-state index contributed by atoms with van der Waals surface area (Å²) in [6, 6.07) is 17.5. The molecule has 7 nitrogen and oxygen atoms in total. The molecule has 3 heterocycles. The van der Waals surface area contributed by atoms with Crippen molar-refractivity contribution in [2.24, 2.45) is 10.3 Å². The van der Waals surface area contributed by atoms with Crippen LogP contribution in [-0.2, 0) is 21.2 Å². The molecule has 0 N–H and O–H groups in total. The lowest BCUT2D eigenvalue weighted by Gasteiger charge is -2.39. The van der Waals surface area contributed by atoms with Crippen LogP contribution in [0, 0.1) is 5.92 Å². The summed E-state index contributed by atoms with van der Waals surface area (Å²) in [5, 5.41) is 0. The Bertz CT molecular complexity index is 1130. The third-order valence-electron chi connectivity index (χ3n) is 7.00. The summed E-state index contributed by atoms with van der Waals surface area (Å²) in [6.45, 7) is 5.73. The van der Waals surface area contributed by atoms with Crippen LogP contribution < -0.4 is 0 Å². The maximum Gasteiger partial charge on any atom is 0.285 e. The number of hydrogen-bond acceptors (Lipinski definition) is 5. The molecule has 2 saturated heterocycles. The highest BCUT2D eigenvalue weighted by atomic mass is 32.2. The summed E-state index contributed by atoms with van der Waals surface area (Å²) in [7, 11) is -3.61. The number of carbonyl (C=O) groups is 1. The maximum absolute atomic E-state index is 13.1. The Morgan fingerprint density at radius 1 is 0.879 bits per heavy atom. The van der Waals surface area contributed by atoms with Gasteiger partial charge >= 0.3 is 0 Å². The van der Waals surface area contributed by atoms with Gasteiger partial charge in [0.05, 0.1) is 0 Å². The van der Waals surface area contributed by atoms with Crippen LogP contribution in [0.25, 0.3) is 0 Å². The number of nitrogens with zero attached hydrogens (tertiary/aromatic N) is 4. The minimum atomic E-state index is -3.61. The predicted octanol–water partition coefficient (Wildman–Crippen LogP) is 2.23. The van der Waals surface area contributed by atoms with Crippen molar-refractivity contribution in [2.75, 3.05) is 45.8 Å². The number of carbonyl (C=O) groups excluding carboxylic acids is 1. The van der Waals surface area contributed by atoms with Gasteiger partial charge in [0, 0.05) is 57.3 Å². The number of rotatable bonds is 4. The van der Waals surface area contributed by atoms with E-state index in [0.29, 0.717) is 24.5 Å². The monoisotopic (exact) mass is 466 g/mol. The molecule has 1 amide bonds. The fraction of sp³-hybridized carbons (Fsp3) is 0.440. The molecule has 8 heteroatoms. The van der Waals surface area contributed by atoms with Gasteiger partial charge in [-0.05, 0) is 37.0 Å². The predicted molar refractivity (Wildman–Crippen MR) is 128 cm³/mol. The second-order valence-corrected chi connectivity index (χ2v) is 10.6. The van der Waals surface area contributed by atoms with Gasteiger partial charge in [-0.1, -0.05) is 42.5 Å². The lowest BCUT2D eigenvalue weighted by molar-refractivity contribution is -0.138. The number of amides is 1. The molecule has 2 aromatic rings. The van der Waals surface area contributed by atoms with Gasteiger partial charge in [0.15, 0.2) is 5.84 Å². The van der Waals surface area contributed by atoms with Gasteiger partial charge in [0.2, 0.25) is 5.91 Å². The van der Waals surface area contributed by atoms with Gasteiger partial charge in [-0.25, -0.2) is 0 Å². The van der Waals surface area contributed by atoms with Crippen LogP contribution >= 0.6 is 0 Å². The molecule has 3 aliphatic heterocycles. The Morgan fingerprint density at radius 3 is 2.27 bits per heavy atom. The van der Waals surface area contributed by atoms with E-state index in [1.54, 1.807) is 12.1 Å². The molecular weight excluding hydrogens is 436 g/mol. The average molecular weight is 467 g/mol. The van der Waals surface area contributed by atoms with Gasteiger partial charge in [-0.3, -0.25) is 9.69 Å². The maximum atomic E-state index is 13.1. The van der Waals surface area contributed by atoms with Crippen LogP contribution in [0.2, 0.25) is 0 Å². The van der Waals surface area contributed by atoms with Crippen molar-refractivity contribution in [1.29, 1.82) is 0 Å². The van der Waals surface area contributed by atoms with Crippen molar-refractivity contribution in [3.8, 4) is 0 Å². The third-order valence-corrected chi connectivity index (χ3v) is 8.32. The van der Waals surface area contributed by atoms with Gasteiger partial charge in [0.1, 0.15) is 4.90 Å². The lowest BCUT2D eigenvalue weighted by Crippen LogP contribution is -2.52. The molecule has 5 rings (SSSR count). The van der Waals surface area contributed by atoms with Crippen LogP contribution in [0.1, 0.15) is 24.0 Å². The summed E-state index contributed by atoms with van der Waals surface area (Å²) >= 11 is 0. The minimum absolute atomic E-state index is 0.00553. The zero-order valence-electron chi connectivity index (χ0n) is 18.8. The van der Waals surface area contributed by atoms with E-state index >= 15 is 0 Å². The largest absolute Gasteiger partial charge is 0.355 e. The molecule has 3 aliphatic rings. The van der Waals surface area contributed by atoms with E-state index in [1.165, 1.54) is 5.56 Å². The molecule has 33 heavy (non-hydrogen) atoms. The Kier molecular flexibility index (Phi) is 6.21. The van der Waals surface area contributed by atoms with E-state index in [-0.39, 0.29) is 16.7 Å². The molecule has 0 spiro atoms. The number of benzene rings is 2. The van der Waals surface area contributed by atoms with E-state index in [1.807, 2.05) is 28.0 Å². The van der Waals surface area contributed by atoms with E-state index in [2.05, 4.69) is 33.6 Å². The highest BCUT2D eigenvalue weighted by Crippen LogP contribution is 2.30. The first kappa shape index (κ1) is 22.1. The van der Waals surface area contributed by atoms with Crippen LogP contribution in [0.15, 0.2) is 63.9 Å². The van der Waals surface area contributed by atoms with Crippen molar-refractivity contribution >= 4 is 21.8 Å². The fourth-order valence-corrected chi connectivity index (χ4v) is 6.26. The molecule has 0 aromatic heterocycles. The summed E-state index contributed by atoms with van der Waals surface area (Å²) in [6.07, 6.45) is 2.50. The molecule has 0 saturated carbocycles. The van der Waals surface area contributed by atoms with Gasteiger partial charge in [-0.15, -0.1) is 4.40 Å². The number of piperazine rings is 1. The smallest absolute Gasteiger partial charge is 0.285 e. The van der Waals surface area contributed by atoms with E-state index in [9.17, 15) is 13.2 Å². The van der Waals surface area contributed by atoms with Gasteiger partial charge < -0.3 is 9.80 Å². The lowest BCUT2D eigenvalue weighted by atomic mass is 9.94. The molecule has 0 atom stereocenters. The van der Waals surface area contributed by atoms with Crippen molar-refractivity contribution < 1.29 is 13.2 Å². The Hall–Kier alpha value is -2.71. The topological polar surface area (TPSA) is 73.3 Å². The highest BCUT2D eigenvalue weighted by molar-refractivity contribution is 7.90. The molecule has 0 bridgehead atoms. The van der Waals surface area contributed by atoms with Crippen molar-refractivity contribution in [3.63, 3.8) is 0 Å². The van der Waals surface area contributed by atoms with Gasteiger partial charge in [-0.2, -0.15) is 8.42 Å². The normalized spacial score (nSPS) is 21.0. The number of piperidine rings is 1. The van der Waals surface area contributed by atoms with E-state index in [4.69, 9.17) is 0 Å².